The number of carbonyl (C=O) groups excluding carboxylic acids is 1. The standard InChI is InChI=1S/C26H23F2NO3/c27-20-8-10-22(23(28)13-20)26(31)24-11-7-19(14-29-24)21-9-6-18(12-25(21)30)16-32-15-17-4-2-1-3-5-17/h1-5,7-11,13-14,18,26,31H,6,12,15-16H2. The second kappa shape index (κ2) is 9.94. The molecule has 6 heteroatoms. The molecule has 0 bridgehead atoms. The van der Waals surface area contributed by atoms with Crippen LogP contribution in [0.4, 0.5) is 8.78 Å². The number of aliphatic hydroxyl groups is 1. The van der Waals surface area contributed by atoms with Gasteiger partial charge in [-0.2, -0.15) is 0 Å². The first-order chi connectivity index (χ1) is 15.5. The first kappa shape index (κ1) is 22.0. The van der Waals surface area contributed by atoms with Crippen molar-refractivity contribution in [2.45, 2.75) is 25.6 Å². The van der Waals surface area contributed by atoms with Gasteiger partial charge in [-0.15, -0.1) is 0 Å². The average molecular weight is 435 g/mol. The van der Waals surface area contributed by atoms with Gasteiger partial charge in [0.05, 0.1) is 18.9 Å². The van der Waals surface area contributed by atoms with E-state index < -0.39 is 17.7 Å². The van der Waals surface area contributed by atoms with Gasteiger partial charge in [-0.1, -0.05) is 48.5 Å². The van der Waals surface area contributed by atoms with Crippen LogP contribution in [-0.4, -0.2) is 22.5 Å². The Kier molecular flexibility index (Phi) is 6.83. The summed E-state index contributed by atoms with van der Waals surface area (Å²) in [6.45, 7) is 1.03. The van der Waals surface area contributed by atoms with Crippen LogP contribution in [-0.2, 0) is 16.1 Å². The molecule has 2 unspecified atom stereocenters. The number of benzene rings is 2. The molecule has 0 spiro atoms. The Morgan fingerprint density at radius 1 is 1.09 bits per heavy atom. The van der Waals surface area contributed by atoms with Crippen LogP contribution in [0.3, 0.4) is 0 Å². The zero-order valence-electron chi connectivity index (χ0n) is 17.4. The monoisotopic (exact) mass is 435 g/mol. The largest absolute Gasteiger partial charge is 0.382 e. The Morgan fingerprint density at radius 3 is 2.59 bits per heavy atom. The number of pyridine rings is 1. The lowest BCUT2D eigenvalue weighted by atomic mass is 9.86. The molecule has 1 N–H and O–H groups in total. The summed E-state index contributed by atoms with van der Waals surface area (Å²) in [6.07, 6.45) is 3.18. The van der Waals surface area contributed by atoms with Gasteiger partial charge in [-0.25, -0.2) is 8.78 Å². The van der Waals surface area contributed by atoms with E-state index in [9.17, 15) is 18.7 Å². The molecule has 1 aliphatic carbocycles. The zero-order chi connectivity index (χ0) is 22.5. The fourth-order valence-corrected chi connectivity index (χ4v) is 3.79. The third kappa shape index (κ3) is 5.15. The molecule has 2 atom stereocenters. The number of Topliss-reactive ketones (excluding diaryl/α,β-unsaturated/α-hetero) is 1. The second-order valence-corrected chi connectivity index (χ2v) is 7.89. The summed E-state index contributed by atoms with van der Waals surface area (Å²) < 4.78 is 32.8. The molecule has 1 heterocycles. The number of nitrogens with zero attached hydrogens (tertiary/aromatic N) is 1. The number of hydrogen-bond acceptors (Lipinski definition) is 4. The van der Waals surface area contributed by atoms with E-state index in [1.807, 2.05) is 36.4 Å². The van der Waals surface area contributed by atoms with Gasteiger partial charge in [-0.3, -0.25) is 9.78 Å². The molecule has 0 radical (unpaired) electrons. The Bertz CT molecular complexity index is 1110. The summed E-state index contributed by atoms with van der Waals surface area (Å²) in [5.74, 6) is -1.41. The average Bonchev–Trinajstić information content (AvgIpc) is 2.80. The van der Waals surface area contributed by atoms with Crippen molar-refractivity contribution in [1.29, 1.82) is 0 Å². The van der Waals surface area contributed by atoms with Crippen molar-refractivity contribution in [3.8, 4) is 0 Å². The quantitative estimate of drug-likeness (QED) is 0.566. The van der Waals surface area contributed by atoms with Crippen molar-refractivity contribution >= 4 is 11.4 Å². The van der Waals surface area contributed by atoms with E-state index in [4.69, 9.17) is 4.74 Å². The third-order valence-electron chi connectivity index (χ3n) is 5.53. The minimum atomic E-state index is -1.33. The van der Waals surface area contributed by atoms with Gasteiger partial charge in [0.1, 0.15) is 17.7 Å². The van der Waals surface area contributed by atoms with Crippen LogP contribution in [0.15, 0.2) is 72.9 Å². The van der Waals surface area contributed by atoms with Crippen LogP contribution in [0.5, 0.6) is 0 Å². The number of rotatable bonds is 7. The summed E-state index contributed by atoms with van der Waals surface area (Å²) in [6, 6.07) is 16.1. The Hall–Kier alpha value is -3.22. The van der Waals surface area contributed by atoms with Crippen LogP contribution in [0, 0.1) is 17.6 Å². The lowest BCUT2D eigenvalue weighted by Crippen LogP contribution is -2.19. The van der Waals surface area contributed by atoms with Gasteiger partial charge in [0.25, 0.3) is 0 Å². The van der Waals surface area contributed by atoms with Crippen LogP contribution in [0.2, 0.25) is 0 Å². The van der Waals surface area contributed by atoms with E-state index in [0.717, 1.165) is 24.1 Å². The smallest absolute Gasteiger partial charge is 0.163 e. The highest BCUT2D eigenvalue weighted by molar-refractivity contribution is 6.21. The zero-order valence-corrected chi connectivity index (χ0v) is 17.4. The third-order valence-corrected chi connectivity index (χ3v) is 5.53. The Balaban J connectivity index is 1.38. The van der Waals surface area contributed by atoms with Crippen molar-refractivity contribution in [3.63, 3.8) is 0 Å². The van der Waals surface area contributed by atoms with Crippen molar-refractivity contribution in [2.75, 3.05) is 6.61 Å². The molecule has 1 aliphatic rings. The molecule has 4 rings (SSSR count). The number of ketones is 1. The van der Waals surface area contributed by atoms with Gasteiger partial charge in [0.15, 0.2) is 5.78 Å². The topological polar surface area (TPSA) is 59.4 Å². The van der Waals surface area contributed by atoms with Gasteiger partial charge < -0.3 is 9.84 Å². The highest BCUT2D eigenvalue weighted by Gasteiger charge is 2.24. The molecular formula is C26H23F2NO3. The van der Waals surface area contributed by atoms with Crippen molar-refractivity contribution in [2.24, 2.45) is 5.92 Å². The van der Waals surface area contributed by atoms with Gasteiger partial charge >= 0.3 is 0 Å². The highest BCUT2D eigenvalue weighted by atomic mass is 19.1. The summed E-state index contributed by atoms with van der Waals surface area (Å²) >= 11 is 0. The van der Waals surface area contributed by atoms with Gasteiger partial charge in [0.2, 0.25) is 0 Å². The predicted octanol–water partition coefficient (Wildman–Crippen LogP) is 5.02. The van der Waals surface area contributed by atoms with E-state index in [0.29, 0.717) is 30.8 Å². The lowest BCUT2D eigenvalue weighted by Gasteiger charge is -2.21. The highest BCUT2D eigenvalue weighted by Crippen LogP contribution is 2.29. The normalized spacial score (nSPS) is 17.2. The number of aromatic nitrogens is 1. The summed E-state index contributed by atoms with van der Waals surface area (Å²) in [5.41, 5.74) is 2.49. The summed E-state index contributed by atoms with van der Waals surface area (Å²) in [7, 11) is 0. The number of carbonyl (C=O) groups is 1. The molecule has 32 heavy (non-hydrogen) atoms. The van der Waals surface area contributed by atoms with Gasteiger partial charge in [0, 0.05) is 35.4 Å². The molecule has 0 amide bonds. The Labute approximate surface area is 185 Å². The van der Waals surface area contributed by atoms with Crippen LogP contribution >= 0.6 is 0 Å². The number of hydrogen-bond donors (Lipinski definition) is 1. The van der Waals surface area contributed by atoms with Crippen molar-refractivity contribution in [1.82, 2.24) is 4.98 Å². The second-order valence-electron chi connectivity index (χ2n) is 7.89. The fourth-order valence-electron chi connectivity index (χ4n) is 3.79. The lowest BCUT2D eigenvalue weighted by molar-refractivity contribution is -0.115. The number of allylic oxidation sites excluding steroid dienone is 2. The molecule has 0 saturated carbocycles. The molecule has 4 nitrogen and oxygen atoms in total. The SMILES string of the molecule is O=C1CC(COCc2ccccc2)CC=C1c1ccc(C(O)c2ccc(F)cc2F)nc1. The van der Waals surface area contributed by atoms with Crippen molar-refractivity contribution < 1.29 is 23.4 Å². The first-order valence-corrected chi connectivity index (χ1v) is 10.5. The van der Waals surface area contributed by atoms with E-state index >= 15 is 0 Å². The fraction of sp³-hybridized carbons (Fsp3) is 0.231. The molecular weight excluding hydrogens is 412 g/mol. The molecule has 0 saturated heterocycles. The Morgan fingerprint density at radius 2 is 1.91 bits per heavy atom. The molecule has 3 aromatic rings. The first-order valence-electron chi connectivity index (χ1n) is 10.5. The molecule has 0 fully saturated rings. The van der Waals surface area contributed by atoms with Gasteiger partial charge in [-0.05, 0) is 30.0 Å². The van der Waals surface area contributed by atoms with Crippen LogP contribution < -0.4 is 0 Å². The van der Waals surface area contributed by atoms with E-state index in [-0.39, 0.29) is 23.0 Å². The van der Waals surface area contributed by atoms with E-state index in [2.05, 4.69) is 4.98 Å². The molecule has 1 aromatic heterocycles. The summed E-state index contributed by atoms with van der Waals surface area (Å²) in [4.78, 5) is 16.9. The van der Waals surface area contributed by atoms with Crippen molar-refractivity contribution in [3.05, 3.63) is 107 Å². The molecule has 0 aliphatic heterocycles. The van der Waals surface area contributed by atoms with Crippen LogP contribution in [0.1, 0.15) is 41.3 Å². The molecule has 2 aromatic carbocycles. The number of halogens is 2. The minimum absolute atomic E-state index is 0.0178. The predicted molar refractivity (Wildman–Crippen MR) is 116 cm³/mol. The number of aliphatic hydroxyl groups excluding tert-OH is 1. The van der Waals surface area contributed by atoms with E-state index in [1.165, 1.54) is 12.3 Å². The van der Waals surface area contributed by atoms with E-state index in [1.54, 1.807) is 12.1 Å². The summed E-state index contributed by atoms with van der Waals surface area (Å²) in [5, 5.41) is 10.4. The number of ether oxygens (including phenoxy) is 1. The maximum absolute atomic E-state index is 13.9. The maximum atomic E-state index is 13.9. The molecule has 164 valence electrons. The minimum Gasteiger partial charge on any atom is -0.382 e. The van der Waals surface area contributed by atoms with Crippen LogP contribution in [0.25, 0.3) is 5.57 Å². The maximum Gasteiger partial charge on any atom is 0.163 e.